The summed E-state index contributed by atoms with van der Waals surface area (Å²) >= 11 is 3.26. The van der Waals surface area contributed by atoms with Crippen molar-refractivity contribution in [2.24, 2.45) is 0 Å². The Morgan fingerprint density at radius 1 is 1.67 bits per heavy atom. The molecule has 1 unspecified atom stereocenters. The van der Waals surface area contributed by atoms with E-state index in [2.05, 4.69) is 37.9 Å². The van der Waals surface area contributed by atoms with E-state index in [1.165, 1.54) is 20.0 Å². The Balaban J connectivity index is 1.98. The summed E-state index contributed by atoms with van der Waals surface area (Å²) in [4.78, 5) is 13.2. The molecule has 1 rings (SSSR count). The number of rotatable bonds is 7. The van der Waals surface area contributed by atoms with Crippen molar-refractivity contribution in [2.75, 3.05) is 33.8 Å². The normalized spacial score (nSPS) is 17.9. The van der Waals surface area contributed by atoms with Gasteiger partial charge >= 0.3 is 5.97 Å². The van der Waals surface area contributed by atoms with E-state index < -0.39 is 0 Å². The number of likely N-dealkylation sites (N-methyl/N-ethyl adjacent to an activating group) is 1. The van der Waals surface area contributed by atoms with Gasteiger partial charge in [0.05, 0.1) is 7.11 Å². The summed E-state index contributed by atoms with van der Waals surface area (Å²) in [6, 6.07) is 0.798. The van der Waals surface area contributed by atoms with Crippen LogP contribution in [-0.4, -0.2) is 55.5 Å². The first-order chi connectivity index (χ1) is 7.15. The average Bonchev–Trinajstić information content (AvgIpc) is 3.06. The molecule has 0 bridgehead atoms. The van der Waals surface area contributed by atoms with Crippen molar-refractivity contribution >= 4 is 21.9 Å². The molecule has 1 N–H and O–H groups in total. The summed E-state index contributed by atoms with van der Waals surface area (Å²) in [6.07, 6.45) is 2.67. The number of nitrogens with one attached hydrogen (secondary N) is 1. The van der Waals surface area contributed by atoms with Crippen molar-refractivity contribution in [2.45, 2.75) is 23.7 Å². The van der Waals surface area contributed by atoms with Crippen LogP contribution < -0.4 is 5.32 Å². The third-order valence-corrected chi connectivity index (χ3v) is 3.29. The average molecular weight is 279 g/mol. The maximum atomic E-state index is 11.0. The number of hydrogen-bond acceptors (Lipinski definition) is 4. The zero-order chi connectivity index (χ0) is 11.3. The van der Waals surface area contributed by atoms with E-state index in [0.717, 1.165) is 19.1 Å². The molecule has 0 aromatic rings. The van der Waals surface area contributed by atoms with E-state index in [0.29, 0.717) is 6.54 Å². The zero-order valence-corrected chi connectivity index (χ0v) is 10.9. The quantitative estimate of drug-likeness (QED) is 0.421. The first kappa shape index (κ1) is 12.9. The van der Waals surface area contributed by atoms with E-state index >= 15 is 0 Å². The fraction of sp³-hybridized carbons (Fsp3) is 0.900. The Morgan fingerprint density at radius 2 is 2.33 bits per heavy atom. The van der Waals surface area contributed by atoms with Crippen molar-refractivity contribution in [1.82, 2.24) is 10.2 Å². The third kappa shape index (κ3) is 4.95. The van der Waals surface area contributed by atoms with Crippen molar-refractivity contribution in [3.05, 3.63) is 0 Å². The predicted octanol–water partition coefficient (Wildman–Crippen LogP) is 0.607. The molecule has 0 amide bonds. The largest absolute Gasteiger partial charge is 0.468 e. The lowest BCUT2D eigenvalue weighted by Crippen LogP contribution is -2.35. The van der Waals surface area contributed by atoms with Gasteiger partial charge in [-0.25, -0.2) is 0 Å². The number of nitrogens with zero attached hydrogens (tertiary/aromatic N) is 1. The van der Waals surface area contributed by atoms with Gasteiger partial charge < -0.3 is 15.0 Å². The zero-order valence-electron chi connectivity index (χ0n) is 9.33. The Bertz CT molecular complexity index is 210. The standard InChI is InChI=1S/C10H19BrN2O2/c1-13(8-3-4-8)6-5-12-7-9(11)10(14)15-2/h8-9,12H,3-7H2,1-2H3. The Kier molecular flexibility index (Phi) is 5.56. The number of halogens is 1. The van der Waals surface area contributed by atoms with E-state index in [4.69, 9.17) is 0 Å². The van der Waals surface area contributed by atoms with Crippen LogP contribution in [0.25, 0.3) is 0 Å². The highest BCUT2D eigenvalue weighted by Gasteiger charge is 2.25. The molecule has 0 saturated heterocycles. The summed E-state index contributed by atoms with van der Waals surface area (Å²) in [5.41, 5.74) is 0. The molecular weight excluding hydrogens is 260 g/mol. The van der Waals surface area contributed by atoms with Crippen LogP contribution >= 0.6 is 15.9 Å². The molecule has 1 fully saturated rings. The molecule has 15 heavy (non-hydrogen) atoms. The Hall–Kier alpha value is -0.130. The topological polar surface area (TPSA) is 41.6 Å². The van der Waals surface area contributed by atoms with Crippen LogP contribution in [0.3, 0.4) is 0 Å². The lowest BCUT2D eigenvalue weighted by atomic mass is 10.4. The van der Waals surface area contributed by atoms with Crippen LogP contribution in [0, 0.1) is 0 Å². The summed E-state index contributed by atoms with van der Waals surface area (Å²) in [5.74, 6) is -0.224. The van der Waals surface area contributed by atoms with Gasteiger partial charge in [0.1, 0.15) is 4.83 Å². The molecule has 1 aliphatic rings. The molecule has 0 aliphatic heterocycles. The lowest BCUT2D eigenvalue weighted by Gasteiger charge is -2.16. The van der Waals surface area contributed by atoms with Crippen molar-refractivity contribution in [3.63, 3.8) is 0 Å². The number of hydrogen-bond donors (Lipinski definition) is 1. The van der Waals surface area contributed by atoms with E-state index in [9.17, 15) is 4.79 Å². The highest BCUT2D eigenvalue weighted by Crippen LogP contribution is 2.24. The van der Waals surface area contributed by atoms with Crippen molar-refractivity contribution in [3.8, 4) is 0 Å². The van der Waals surface area contributed by atoms with Gasteiger partial charge in [0.15, 0.2) is 0 Å². The molecule has 4 nitrogen and oxygen atoms in total. The molecule has 1 aliphatic carbocycles. The number of alkyl halides is 1. The second-order valence-corrected chi connectivity index (χ2v) is 5.01. The van der Waals surface area contributed by atoms with Crippen LogP contribution in [0.4, 0.5) is 0 Å². The number of carbonyl (C=O) groups is 1. The maximum absolute atomic E-state index is 11.0. The molecule has 0 radical (unpaired) electrons. The number of esters is 1. The minimum absolute atomic E-state index is 0.224. The summed E-state index contributed by atoms with van der Waals surface area (Å²) < 4.78 is 4.60. The van der Waals surface area contributed by atoms with Crippen LogP contribution in [0.15, 0.2) is 0 Å². The van der Waals surface area contributed by atoms with Gasteiger partial charge in [-0.3, -0.25) is 4.79 Å². The maximum Gasteiger partial charge on any atom is 0.320 e. The van der Waals surface area contributed by atoms with E-state index in [1.807, 2.05) is 0 Å². The van der Waals surface area contributed by atoms with Gasteiger partial charge in [-0.2, -0.15) is 0 Å². The summed E-state index contributed by atoms with van der Waals surface area (Å²) in [7, 11) is 3.54. The van der Waals surface area contributed by atoms with Crippen molar-refractivity contribution < 1.29 is 9.53 Å². The first-order valence-corrected chi connectivity index (χ1v) is 6.19. The van der Waals surface area contributed by atoms with Crippen molar-refractivity contribution in [1.29, 1.82) is 0 Å². The monoisotopic (exact) mass is 278 g/mol. The second kappa shape index (κ2) is 6.45. The predicted molar refractivity (Wildman–Crippen MR) is 63.3 cm³/mol. The van der Waals surface area contributed by atoms with Gasteiger partial charge in [0.25, 0.3) is 0 Å². The van der Waals surface area contributed by atoms with Crippen LogP contribution in [0.5, 0.6) is 0 Å². The van der Waals surface area contributed by atoms with E-state index in [1.54, 1.807) is 0 Å². The van der Waals surface area contributed by atoms with Crippen LogP contribution in [-0.2, 0) is 9.53 Å². The second-order valence-electron chi connectivity index (χ2n) is 3.91. The SMILES string of the molecule is COC(=O)C(Br)CNCCN(C)C1CC1. The highest BCUT2D eigenvalue weighted by atomic mass is 79.9. The molecule has 0 aromatic carbocycles. The summed E-state index contributed by atoms with van der Waals surface area (Å²) in [6.45, 7) is 2.56. The number of carbonyl (C=O) groups excluding carboxylic acids is 1. The third-order valence-electron chi connectivity index (χ3n) is 2.59. The van der Waals surface area contributed by atoms with Gasteiger partial charge in [-0.05, 0) is 19.9 Å². The first-order valence-electron chi connectivity index (χ1n) is 5.28. The fourth-order valence-electron chi connectivity index (χ4n) is 1.39. The summed E-state index contributed by atoms with van der Waals surface area (Å²) in [5, 5.41) is 3.22. The molecule has 5 heteroatoms. The molecule has 0 aromatic heterocycles. The molecule has 0 spiro atoms. The minimum Gasteiger partial charge on any atom is -0.468 e. The molecule has 88 valence electrons. The van der Waals surface area contributed by atoms with Gasteiger partial charge in [-0.15, -0.1) is 0 Å². The highest BCUT2D eigenvalue weighted by molar-refractivity contribution is 9.10. The van der Waals surface area contributed by atoms with E-state index in [-0.39, 0.29) is 10.8 Å². The van der Waals surface area contributed by atoms with Gasteiger partial charge in [-0.1, -0.05) is 15.9 Å². The number of methoxy groups -OCH3 is 1. The smallest absolute Gasteiger partial charge is 0.320 e. The molecule has 0 heterocycles. The van der Waals surface area contributed by atoms with Gasteiger partial charge in [0.2, 0.25) is 0 Å². The Morgan fingerprint density at radius 3 is 2.87 bits per heavy atom. The molecule has 1 saturated carbocycles. The fourth-order valence-corrected chi connectivity index (χ4v) is 1.81. The lowest BCUT2D eigenvalue weighted by molar-refractivity contribution is -0.139. The number of ether oxygens (including phenoxy) is 1. The molecule has 1 atom stereocenters. The van der Waals surface area contributed by atoms with Crippen LogP contribution in [0.1, 0.15) is 12.8 Å². The Labute approximate surface area is 99.5 Å². The van der Waals surface area contributed by atoms with Gasteiger partial charge in [0, 0.05) is 25.7 Å². The van der Waals surface area contributed by atoms with Crippen LogP contribution in [0.2, 0.25) is 0 Å². The molecular formula is C10H19BrN2O2. The minimum atomic E-state index is -0.242.